The van der Waals surface area contributed by atoms with Crippen LogP contribution in [0.2, 0.25) is 0 Å². The van der Waals surface area contributed by atoms with E-state index >= 15 is 0 Å². The molecule has 0 amide bonds. The average Bonchev–Trinajstić information content (AvgIpc) is 3.32. The van der Waals surface area contributed by atoms with Crippen molar-refractivity contribution in [2.75, 3.05) is 0 Å². The van der Waals surface area contributed by atoms with E-state index in [0.717, 1.165) is 24.0 Å². The molecule has 0 radical (unpaired) electrons. The Bertz CT molecular complexity index is 569. The molecule has 1 atom stereocenters. The first-order valence-electron chi connectivity index (χ1n) is 6.88. The Morgan fingerprint density at radius 2 is 1.47 bits per heavy atom. The van der Waals surface area contributed by atoms with Gasteiger partial charge in [0.05, 0.1) is 5.41 Å². The quantitative estimate of drug-likeness (QED) is 0.742. The molecule has 2 aromatic carbocycles. The summed E-state index contributed by atoms with van der Waals surface area (Å²) in [4.78, 5) is 12.9. The van der Waals surface area contributed by atoms with Crippen LogP contribution in [0.25, 0.3) is 0 Å². The monoisotopic (exact) mass is 250 g/mol. The molecule has 0 saturated heterocycles. The van der Waals surface area contributed by atoms with E-state index < -0.39 is 0 Å². The SMILES string of the molecule is CC(C(=O)c1ccccc1)(c1ccccc1)C1CC1. The number of hydrogen-bond acceptors (Lipinski definition) is 1. The Morgan fingerprint density at radius 1 is 0.947 bits per heavy atom. The summed E-state index contributed by atoms with van der Waals surface area (Å²) in [5, 5.41) is 0. The van der Waals surface area contributed by atoms with Gasteiger partial charge in [0.1, 0.15) is 0 Å². The second-order valence-corrected chi connectivity index (χ2v) is 5.54. The maximum absolute atomic E-state index is 12.9. The summed E-state index contributed by atoms with van der Waals surface area (Å²) in [6.07, 6.45) is 2.31. The molecule has 0 bridgehead atoms. The molecule has 1 fully saturated rings. The summed E-state index contributed by atoms with van der Waals surface area (Å²) in [6, 6.07) is 19.9. The van der Waals surface area contributed by atoms with Crippen molar-refractivity contribution in [2.24, 2.45) is 5.92 Å². The minimum absolute atomic E-state index is 0.252. The molecule has 96 valence electrons. The van der Waals surface area contributed by atoms with E-state index in [0.29, 0.717) is 5.92 Å². The van der Waals surface area contributed by atoms with Crippen molar-refractivity contribution in [3.05, 3.63) is 71.8 Å². The van der Waals surface area contributed by atoms with Gasteiger partial charge in [-0.2, -0.15) is 0 Å². The standard InChI is InChI=1S/C18H18O/c1-18(16-12-13-16,15-10-6-3-7-11-15)17(19)14-8-4-2-5-9-14/h2-11,16H,12-13H2,1H3. The maximum atomic E-state index is 12.9. The highest BCUT2D eigenvalue weighted by Crippen LogP contribution is 2.48. The number of ketones is 1. The lowest BCUT2D eigenvalue weighted by Crippen LogP contribution is -2.35. The second-order valence-electron chi connectivity index (χ2n) is 5.54. The highest BCUT2D eigenvalue weighted by atomic mass is 16.1. The van der Waals surface area contributed by atoms with Crippen molar-refractivity contribution in [1.29, 1.82) is 0 Å². The Balaban J connectivity index is 2.05. The molecule has 3 rings (SSSR count). The van der Waals surface area contributed by atoms with Crippen LogP contribution in [0.4, 0.5) is 0 Å². The van der Waals surface area contributed by atoms with Crippen molar-refractivity contribution >= 4 is 5.78 Å². The molecule has 1 saturated carbocycles. The van der Waals surface area contributed by atoms with Gasteiger partial charge in [-0.3, -0.25) is 4.79 Å². The van der Waals surface area contributed by atoms with Crippen LogP contribution in [0.5, 0.6) is 0 Å². The van der Waals surface area contributed by atoms with Crippen molar-refractivity contribution in [3.63, 3.8) is 0 Å². The Labute approximate surface area is 114 Å². The van der Waals surface area contributed by atoms with E-state index in [2.05, 4.69) is 19.1 Å². The topological polar surface area (TPSA) is 17.1 Å². The molecule has 2 aromatic rings. The summed E-state index contributed by atoms with van der Waals surface area (Å²) >= 11 is 0. The van der Waals surface area contributed by atoms with Crippen LogP contribution < -0.4 is 0 Å². The first kappa shape index (κ1) is 12.2. The summed E-state index contributed by atoms with van der Waals surface area (Å²) in [5.74, 6) is 0.740. The molecule has 0 heterocycles. The number of rotatable bonds is 4. The van der Waals surface area contributed by atoms with Gasteiger partial charge in [-0.25, -0.2) is 0 Å². The van der Waals surface area contributed by atoms with Crippen molar-refractivity contribution in [3.8, 4) is 0 Å². The lowest BCUT2D eigenvalue weighted by atomic mass is 9.72. The molecule has 19 heavy (non-hydrogen) atoms. The zero-order chi connectivity index (χ0) is 13.3. The molecule has 0 aliphatic heterocycles. The fraction of sp³-hybridized carbons (Fsp3) is 0.278. The number of carbonyl (C=O) groups excluding carboxylic acids is 1. The van der Waals surface area contributed by atoms with E-state index in [-0.39, 0.29) is 11.2 Å². The fourth-order valence-electron chi connectivity index (χ4n) is 2.89. The molecular formula is C18H18O. The number of carbonyl (C=O) groups is 1. The van der Waals surface area contributed by atoms with Gasteiger partial charge in [-0.05, 0) is 31.2 Å². The van der Waals surface area contributed by atoms with E-state index in [1.54, 1.807) is 0 Å². The third kappa shape index (κ3) is 2.10. The van der Waals surface area contributed by atoms with Crippen molar-refractivity contribution in [2.45, 2.75) is 25.2 Å². The molecule has 0 aromatic heterocycles. The van der Waals surface area contributed by atoms with Gasteiger partial charge in [-0.1, -0.05) is 60.7 Å². The third-order valence-electron chi connectivity index (χ3n) is 4.27. The van der Waals surface area contributed by atoms with Gasteiger partial charge in [0.25, 0.3) is 0 Å². The Kier molecular flexibility index (Phi) is 2.98. The molecular weight excluding hydrogens is 232 g/mol. The first-order valence-corrected chi connectivity index (χ1v) is 6.88. The smallest absolute Gasteiger partial charge is 0.173 e. The minimum Gasteiger partial charge on any atom is -0.293 e. The Morgan fingerprint density at radius 3 is 2.00 bits per heavy atom. The highest BCUT2D eigenvalue weighted by Gasteiger charge is 2.48. The van der Waals surface area contributed by atoms with Crippen LogP contribution in [-0.4, -0.2) is 5.78 Å². The molecule has 1 heteroatoms. The molecule has 0 N–H and O–H groups in total. The molecule has 1 unspecified atom stereocenters. The average molecular weight is 250 g/mol. The van der Waals surface area contributed by atoms with Gasteiger partial charge in [-0.15, -0.1) is 0 Å². The van der Waals surface area contributed by atoms with Gasteiger partial charge in [0, 0.05) is 5.56 Å². The van der Waals surface area contributed by atoms with Crippen molar-refractivity contribution < 1.29 is 4.79 Å². The highest BCUT2D eigenvalue weighted by molar-refractivity contribution is 6.04. The number of Topliss-reactive ketones (excluding diaryl/α,β-unsaturated/α-hetero) is 1. The Hall–Kier alpha value is -1.89. The van der Waals surface area contributed by atoms with E-state index in [1.165, 1.54) is 0 Å². The van der Waals surface area contributed by atoms with E-state index in [9.17, 15) is 4.79 Å². The van der Waals surface area contributed by atoms with Crippen molar-refractivity contribution in [1.82, 2.24) is 0 Å². The summed E-state index contributed by atoms with van der Waals surface area (Å²) < 4.78 is 0. The van der Waals surface area contributed by atoms with Crippen LogP contribution >= 0.6 is 0 Å². The van der Waals surface area contributed by atoms with Crippen LogP contribution in [0.15, 0.2) is 60.7 Å². The van der Waals surface area contributed by atoms with Gasteiger partial charge in [0.15, 0.2) is 5.78 Å². The lowest BCUT2D eigenvalue weighted by Gasteiger charge is -2.29. The van der Waals surface area contributed by atoms with E-state index in [4.69, 9.17) is 0 Å². The predicted octanol–water partition coefficient (Wildman–Crippen LogP) is 4.24. The van der Waals surface area contributed by atoms with Crippen LogP contribution in [0, 0.1) is 5.92 Å². The molecule has 1 nitrogen and oxygen atoms in total. The summed E-state index contributed by atoms with van der Waals surface area (Å²) in [5.41, 5.74) is 1.59. The van der Waals surface area contributed by atoms with Crippen LogP contribution in [0.3, 0.4) is 0 Å². The normalized spacial score (nSPS) is 17.7. The summed E-state index contributed by atoms with van der Waals surface area (Å²) in [6.45, 7) is 2.11. The first-order chi connectivity index (χ1) is 9.23. The lowest BCUT2D eigenvalue weighted by molar-refractivity contribution is 0.0877. The van der Waals surface area contributed by atoms with Crippen LogP contribution in [0.1, 0.15) is 35.7 Å². The largest absolute Gasteiger partial charge is 0.293 e. The number of benzene rings is 2. The second kappa shape index (κ2) is 4.65. The van der Waals surface area contributed by atoms with E-state index in [1.807, 2.05) is 48.5 Å². The zero-order valence-corrected chi connectivity index (χ0v) is 11.2. The maximum Gasteiger partial charge on any atom is 0.173 e. The van der Waals surface area contributed by atoms with Gasteiger partial charge >= 0.3 is 0 Å². The summed E-state index contributed by atoms with van der Waals surface area (Å²) in [7, 11) is 0. The zero-order valence-electron chi connectivity index (χ0n) is 11.2. The third-order valence-corrected chi connectivity index (χ3v) is 4.27. The fourth-order valence-corrected chi connectivity index (χ4v) is 2.89. The van der Waals surface area contributed by atoms with Gasteiger partial charge < -0.3 is 0 Å². The molecule has 1 aliphatic rings. The van der Waals surface area contributed by atoms with Crippen LogP contribution in [-0.2, 0) is 5.41 Å². The van der Waals surface area contributed by atoms with Gasteiger partial charge in [0.2, 0.25) is 0 Å². The molecule has 0 spiro atoms. The number of hydrogen-bond donors (Lipinski definition) is 0. The minimum atomic E-state index is -0.372. The predicted molar refractivity (Wildman–Crippen MR) is 77.3 cm³/mol. The molecule has 1 aliphatic carbocycles.